The minimum atomic E-state index is -0.0901. The molecule has 3 heterocycles. The summed E-state index contributed by atoms with van der Waals surface area (Å²) in [4.78, 5) is 31.7. The number of amides is 2. The van der Waals surface area contributed by atoms with Crippen LogP contribution in [0.25, 0.3) is 10.2 Å². The maximum atomic E-state index is 13.7. The van der Waals surface area contributed by atoms with Crippen LogP contribution in [0, 0.1) is 6.92 Å². The summed E-state index contributed by atoms with van der Waals surface area (Å²) < 4.78 is 7.40. The Labute approximate surface area is 209 Å². The molecule has 180 valence electrons. The average molecular weight is 488 g/mol. The van der Waals surface area contributed by atoms with E-state index in [1.54, 1.807) is 30.6 Å². The van der Waals surface area contributed by atoms with Crippen molar-refractivity contribution in [1.29, 1.82) is 0 Å². The Kier molecular flexibility index (Phi) is 6.34. The molecule has 4 aromatic rings. The van der Waals surface area contributed by atoms with E-state index >= 15 is 0 Å². The van der Waals surface area contributed by atoms with Crippen molar-refractivity contribution >= 4 is 33.4 Å². The maximum absolute atomic E-state index is 13.7. The van der Waals surface area contributed by atoms with Gasteiger partial charge in [-0.2, -0.15) is 0 Å². The molecule has 0 bridgehead atoms. The second-order valence-corrected chi connectivity index (χ2v) is 10.0. The Balaban J connectivity index is 1.36. The number of hydrogen-bond acceptors (Lipinski definition) is 4. The molecule has 0 radical (unpaired) electrons. The van der Waals surface area contributed by atoms with E-state index in [0.717, 1.165) is 10.2 Å². The van der Waals surface area contributed by atoms with Crippen LogP contribution in [0.15, 0.2) is 66.0 Å². The lowest BCUT2D eigenvalue weighted by Gasteiger charge is -2.40. The van der Waals surface area contributed by atoms with Crippen LogP contribution in [0.3, 0.4) is 0 Å². The van der Waals surface area contributed by atoms with Crippen molar-refractivity contribution in [2.24, 2.45) is 0 Å². The first-order valence-corrected chi connectivity index (χ1v) is 12.7. The Morgan fingerprint density at radius 3 is 2.63 bits per heavy atom. The molecule has 5 rings (SSSR count). The van der Waals surface area contributed by atoms with E-state index in [4.69, 9.17) is 4.74 Å². The van der Waals surface area contributed by atoms with Crippen molar-refractivity contribution in [2.45, 2.75) is 26.4 Å². The standard InChI is InChI=1S/C28H29N3O3S/c1-19-6-4-7-21(14-19)18-31-25(16-23-10-13-35-28(23)31)27(33)29-11-12-30(20(2)17-29)26(32)22-8-5-9-24(15-22)34-3/h4-10,13-16,20H,11-12,17-18H2,1-3H3. The normalized spacial score (nSPS) is 16.0. The molecule has 35 heavy (non-hydrogen) atoms. The lowest BCUT2D eigenvalue weighted by Crippen LogP contribution is -2.55. The number of nitrogens with zero attached hydrogens (tertiary/aromatic N) is 3. The zero-order valence-electron chi connectivity index (χ0n) is 20.2. The number of fused-ring (bicyclic) bond motifs is 1. The number of hydrogen-bond donors (Lipinski definition) is 0. The first-order valence-electron chi connectivity index (χ1n) is 11.8. The largest absolute Gasteiger partial charge is 0.497 e. The molecule has 1 unspecified atom stereocenters. The van der Waals surface area contributed by atoms with Gasteiger partial charge in [-0.3, -0.25) is 9.59 Å². The third-order valence-electron chi connectivity index (χ3n) is 6.64. The van der Waals surface area contributed by atoms with Crippen molar-refractivity contribution in [3.63, 3.8) is 0 Å². The van der Waals surface area contributed by atoms with Crippen LogP contribution >= 0.6 is 11.3 Å². The van der Waals surface area contributed by atoms with Crippen LogP contribution in [0.5, 0.6) is 5.75 Å². The molecule has 2 amide bonds. The molecular formula is C28H29N3O3S. The predicted octanol–water partition coefficient (Wildman–Crippen LogP) is 5.05. The van der Waals surface area contributed by atoms with Gasteiger partial charge in [0.05, 0.1) is 7.11 Å². The van der Waals surface area contributed by atoms with Crippen molar-refractivity contribution in [2.75, 3.05) is 26.7 Å². The molecule has 2 aromatic heterocycles. The van der Waals surface area contributed by atoms with Crippen molar-refractivity contribution < 1.29 is 14.3 Å². The molecule has 1 aliphatic rings. The summed E-state index contributed by atoms with van der Waals surface area (Å²) in [5.41, 5.74) is 3.68. The van der Waals surface area contributed by atoms with Gasteiger partial charge >= 0.3 is 0 Å². The fourth-order valence-corrected chi connectivity index (χ4v) is 5.73. The first-order chi connectivity index (χ1) is 16.9. The number of carbonyl (C=O) groups is 2. The van der Waals surface area contributed by atoms with Crippen LogP contribution in [-0.4, -0.2) is 59.0 Å². The maximum Gasteiger partial charge on any atom is 0.270 e. The Bertz CT molecular complexity index is 1390. The molecule has 0 spiro atoms. The van der Waals surface area contributed by atoms with Gasteiger partial charge in [0.25, 0.3) is 11.8 Å². The number of thiophene rings is 1. The monoisotopic (exact) mass is 487 g/mol. The highest BCUT2D eigenvalue weighted by molar-refractivity contribution is 7.16. The van der Waals surface area contributed by atoms with E-state index in [2.05, 4.69) is 47.2 Å². The van der Waals surface area contributed by atoms with E-state index in [0.29, 0.717) is 43.2 Å². The quantitative estimate of drug-likeness (QED) is 0.396. The average Bonchev–Trinajstić information content (AvgIpc) is 3.46. The molecule has 0 N–H and O–H groups in total. The number of carbonyl (C=O) groups excluding carboxylic acids is 2. The summed E-state index contributed by atoms with van der Waals surface area (Å²) in [5, 5.41) is 3.15. The summed E-state index contributed by atoms with van der Waals surface area (Å²) in [7, 11) is 1.59. The van der Waals surface area contributed by atoms with E-state index in [9.17, 15) is 9.59 Å². The van der Waals surface area contributed by atoms with E-state index in [1.165, 1.54) is 11.1 Å². The van der Waals surface area contributed by atoms with Crippen molar-refractivity contribution in [3.8, 4) is 5.75 Å². The smallest absolute Gasteiger partial charge is 0.270 e. The van der Waals surface area contributed by atoms with Gasteiger partial charge in [-0.25, -0.2) is 0 Å². The van der Waals surface area contributed by atoms with Gasteiger partial charge in [-0.05, 0) is 55.1 Å². The second kappa shape index (κ2) is 9.58. The fraction of sp³-hybridized carbons (Fsp3) is 0.286. The summed E-state index contributed by atoms with van der Waals surface area (Å²) in [6.45, 7) is 6.23. The fourth-order valence-electron chi connectivity index (χ4n) is 4.83. The molecular weight excluding hydrogens is 458 g/mol. The summed E-state index contributed by atoms with van der Waals surface area (Å²) in [6.07, 6.45) is 0. The van der Waals surface area contributed by atoms with Gasteiger partial charge in [-0.1, -0.05) is 35.9 Å². The molecule has 1 saturated heterocycles. The molecule has 1 aliphatic heterocycles. The zero-order chi connectivity index (χ0) is 24.5. The van der Waals surface area contributed by atoms with Crippen molar-refractivity contribution in [1.82, 2.24) is 14.4 Å². The lowest BCUT2D eigenvalue weighted by atomic mass is 10.1. The van der Waals surface area contributed by atoms with Crippen LogP contribution < -0.4 is 4.74 Å². The van der Waals surface area contributed by atoms with Gasteiger partial charge in [0, 0.05) is 43.2 Å². The highest BCUT2D eigenvalue weighted by Gasteiger charge is 2.32. The Morgan fingerprint density at radius 2 is 1.86 bits per heavy atom. The number of benzene rings is 2. The van der Waals surface area contributed by atoms with Crippen LogP contribution in [-0.2, 0) is 6.54 Å². The molecule has 7 heteroatoms. The summed E-state index contributed by atoms with van der Waals surface area (Å²) in [6, 6.07) is 19.6. The number of ether oxygens (including phenoxy) is 1. The molecule has 0 saturated carbocycles. The number of methoxy groups -OCH3 is 1. The van der Waals surface area contributed by atoms with Crippen molar-refractivity contribution in [3.05, 3.63) is 88.4 Å². The topological polar surface area (TPSA) is 54.8 Å². The van der Waals surface area contributed by atoms with Gasteiger partial charge in [0.2, 0.25) is 0 Å². The highest BCUT2D eigenvalue weighted by atomic mass is 32.1. The SMILES string of the molecule is COc1cccc(C(=O)N2CCN(C(=O)c3cc4ccsc4n3Cc3cccc(C)c3)CC2C)c1. The van der Waals surface area contributed by atoms with Gasteiger partial charge < -0.3 is 19.1 Å². The van der Waals surface area contributed by atoms with E-state index in [1.807, 2.05) is 34.9 Å². The van der Waals surface area contributed by atoms with Gasteiger partial charge in [0.15, 0.2) is 0 Å². The number of aromatic nitrogens is 1. The van der Waals surface area contributed by atoms with E-state index in [-0.39, 0.29) is 17.9 Å². The van der Waals surface area contributed by atoms with Gasteiger partial charge in [0.1, 0.15) is 16.3 Å². The molecule has 1 fully saturated rings. The minimum absolute atomic E-state index is 0.0152. The predicted molar refractivity (Wildman–Crippen MR) is 139 cm³/mol. The third kappa shape index (κ3) is 4.56. The van der Waals surface area contributed by atoms with Crippen LogP contribution in [0.1, 0.15) is 38.9 Å². The summed E-state index contributed by atoms with van der Waals surface area (Å²) >= 11 is 1.66. The lowest BCUT2D eigenvalue weighted by molar-refractivity contribution is 0.0409. The van der Waals surface area contributed by atoms with E-state index < -0.39 is 0 Å². The molecule has 1 atom stereocenters. The molecule has 2 aromatic carbocycles. The zero-order valence-corrected chi connectivity index (χ0v) is 21.0. The Morgan fingerprint density at radius 1 is 1.03 bits per heavy atom. The molecule has 0 aliphatic carbocycles. The van der Waals surface area contributed by atoms with Gasteiger partial charge in [-0.15, -0.1) is 11.3 Å². The second-order valence-electron chi connectivity index (χ2n) is 9.12. The number of rotatable bonds is 5. The highest BCUT2D eigenvalue weighted by Crippen LogP contribution is 2.28. The first kappa shape index (κ1) is 23.2. The Hall–Kier alpha value is -3.58. The molecule has 6 nitrogen and oxygen atoms in total. The summed E-state index contributed by atoms with van der Waals surface area (Å²) in [5.74, 6) is 0.639. The minimum Gasteiger partial charge on any atom is -0.497 e. The van der Waals surface area contributed by atoms with Crippen LogP contribution in [0.4, 0.5) is 0 Å². The number of piperazine rings is 1. The van der Waals surface area contributed by atoms with Crippen LogP contribution in [0.2, 0.25) is 0 Å². The number of aryl methyl sites for hydroxylation is 1. The third-order valence-corrected chi connectivity index (χ3v) is 7.59.